The van der Waals surface area contributed by atoms with E-state index in [1.165, 1.54) is 59.3 Å². The topological polar surface area (TPSA) is 6.25 Å². The van der Waals surface area contributed by atoms with Crippen LogP contribution in [0.5, 0.6) is 0 Å². The number of fused-ring (bicyclic) bond motifs is 2. The Hall–Kier alpha value is -2.61. The molecule has 2 nitrogen and oxygen atoms in total. The van der Waals surface area contributed by atoms with E-state index in [0.29, 0.717) is 12.1 Å². The lowest BCUT2D eigenvalue weighted by molar-refractivity contribution is -0.481. The van der Waals surface area contributed by atoms with Gasteiger partial charge in [-0.25, -0.2) is 0 Å². The van der Waals surface area contributed by atoms with Crippen molar-refractivity contribution in [2.75, 3.05) is 4.90 Å². The van der Waals surface area contributed by atoms with Gasteiger partial charge < -0.3 is 4.90 Å². The minimum atomic E-state index is 0.538. The molecular weight excluding hydrogens is 352 g/mol. The summed E-state index contributed by atoms with van der Waals surface area (Å²) < 4.78 is 2.42. The molecule has 2 aromatic carbocycles. The SMILES string of the molecule is Cc1ccc2c(c1)CC[C@@H](C)N2/C=C/C=C/C=[N+]1c2ccc(C)cc2CC[C@@H]1C. The van der Waals surface area contributed by atoms with Crippen LogP contribution in [0.25, 0.3) is 0 Å². The predicted molar refractivity (Wildman–Crippen MR) is 125 cm³/mol. The molecule has 2 aromatic rings. The number of allylic oxidation sites excluding steroid dienone is 3. The molecule has 0 saturated carbocycles. The molecule has 0 amide bonds. The second-order valence-electron chi connectivity index (χ2n) is 8.73. The van der Waals surface area contributed by atoms with E-state index in [9.17, 15) is 0 Å². The van der Waals surface area contributed by atoms with E-state index in [2.05, 4.69) is 104 Å². The van der Waals surface area contributed by atoms with Crippen LogP contribution in [-0.2, 0) is 12.8 Å². The zero-order valence-electron chi connectivity index (χ0n) is 18.2. The van der Waals surface area contributed by atoms with Crippen molar-refractivity contribution >= 4 is 17.6 Å². The van der Waals surface area contributed by atoms with Gasteiger partial charge in [-0.2, -0.15) is 4.58 Å². The van der Waals surface area contributed by atoms with Gasteiger partial charge in [0.2, 0.25) is 5.69 Å². The van der Waals surface area contributed by atoms with Crippen LogP contribution in [0, 0.1) is 13.8 Å². The van der Waals surface area contributed by atoms with Crippen LogP contribution < -0.4 is 4.90 Å². The monoisotopic (exact) mass is 385 g/mol. The highest BCUT2D eigenvalue weighted by Gasteiger charge is 2.26. The molecule has 2 aliphatic heterocycles. The highest BCUT2D eigenvalue weighted by atomic mass is 15.1. The Bertz CT molecular complexity index is 980. The Morgan fingerprint density at radius 2 is 1.59 bits per heavy atom. The van der Waals surface area contributed by atoms with Gasteiger partial charge in [-0.1, -0.05) is 35.4 Å². The first-order chi connectivity index (χ1) is 14.0. The fourth-order valence-electron chi connectivity index (χ4n) is 4.62. The van der Waals surface area contributed by atoms with Crippen molar-refractivity contribution in [2.45, 2.75) is 65.5 Å². The molecular formula is C27H33N2+. The van der Waals surface area contributed by atoms with Gasteiger partial charge in [-0.3, -0.25) is 0 Å². The van der Waals surface area contributed by atoms with Gasteiger partial charge >= 0.3 is 0 Å². The number of benzene rings is 2. The molecule has 0 aliphatic carbocycles. The smallest absolute Gasteiger partial charge is 0.208 e. The first kappa shape index (κ1) is 19.7. The molecule has 0 aromatic heterocycles. The van der Waals surface area contributed by atoms with Crippen molar-refractivity contribution in [3.63, 3.8) is 0 Å². The summed E-state index contributed by atoms with van der Waals surface area (Å²) in [7, 11) is 0. The standard InChI is InChI=1S/C27H33N2/c1-20-8-14-26-24(18-20)12-10-22(3)28(26)16-6-5-7-17-29-23(4)11-13-25-19-21(2)9-15-27(25)29/h5-9,14-19,22-23H,10-13H2,1-4H3/q+1/t22-,23+. The van der Waals surface area contributed by atoms with Gasteiger partial charge in [0.05, 0.1) is 0 Å². The van der Waals surface area contributed by atoms with Gasteiger partial charge in [0.1, 0.15) is 0 Å². The van der Waals surface area contributed by atoms with E-state index in [0.717, 1.165) is 0 Å². The second-order valence-corrected chi connectivity index (χ2v) is 8.73. The number of hydrogen-bond acceptors (Lipinski definition) is 1. The average molecular weight is 386 g/mol. The van der Waals surface area contributed by atoms with Gasteiger partial charge in [-0.15, -0.1) is 0 Å². The van der Waals surface area contributed by atoms with Crippen molar-refractivity contribution < 1.29 is 4.58 Å². The van der Waals surface area contributed by atoms with Crippen molar-refractivity contribution in [3.05, 3.63) is 83.1 Å². The van der Waals surface area contributed by atoms with Crippen LogP contribution in [0.1, 0.15) is 48.9 Å². The van der Waals surface area contributed by atoms with Gasteiger partial charge in [0.25, 0.3) is 0 Å². The number of aryl methyl sites for hydroxylation is 4. The Balaban J connectivity index is 1.52. The molecule has 0 bridgehead atoms. The Kier molecular flexibility index (Phi) is 5.71. The molecule has 2 aliphatic rings. The average Bonchev–Trinajstić information content (AvgIpc) is 2.70. The van der Waals surface area contributed by atoms with Gasteiger partial charge in [0, 0.05) is 42.1 Å². The third-order valence-electron chi connectivity index (χ3n) is 6.35. The molecule has 0 radical (unpaired) electrons. The summed E-state index contributed by atoms with van der Waals surface area (Å²) in [6.07, 6.45) is 15.7. The highest BCUT2D eigenvalue weighted by molar-refractivity contribution is 5.69. The third kappa shape index (κ3) is 4.22. The zero-order chi connectivity index (χ0) is 20.4. The van der Waals surface area contributed by atoms with Crippen molar-refractivity contribution in [1.82, 2.24) is 0 Å². The minimum Gasteiger partial charge on any atom is -0.345 e. The highest BCUT2D eigenvalue weighted by Crippen LogP contribution is 2.32. The Morgan fingerprint density at radius 1 is 0.862 bits per heavy atom. The van der Waals surface area contributed by atoms with E-state index in [1.807, 2.05) is 0 Å². The third-order valence-corrected chi connectivity index (χ3v) is 6.35. The summed E-state index contributed by atoms with van der Waals surface area (Å²) in [4.78, 5) is 2.42. The molecule has 150 valence electrons. The summed E-state index contributed by atoms with van der Waals surface area (Å²) in [6, 6.07) is 14.7. The van der Waals surface area contributed by atoms with E-state index < -0.39 is 0 Å². The summed E-state index contributed by atoms with van der Waals surface area (Å²) in [5.41, 5.74) is 8.36. The fourth-order valence-corrected chi connectivity index (χ4v) is 4.62. The number of nitrogens with zero attached hydrogens (tertiary/aromatic N) is 2. The van der Waals surface area contributed by atoms with E-state index in [-0.39, 0.29) is 0 Å². The fraction of sp³-hybridized carbons (Fsp3) is 0.370. The van der Waals surface area contributed by atoms with Crippen molar-refractivity contribution in [3.8, 4) is 0 Å². The first-order valence-corrected chi connectivity index (χ1v) is 11.0. The number of rotatable bonds is 3. The Labute approximate surface area is 175 Å². The largest absolute Gasteiger partial charge is 0.345 e. The minimum absolute atomic E-state index is 0.538. The summed E-state index contributed by atoms with van der Waals surface area (Å²) in [6.45, 7) is 8.99. The van der Waals surface area contributed by atoms with E-state index in [1.54, 1.807) is 0 Å². The van der Waals surface area contributed by atoms with Crippen LogP contribution in [0.4, 0.5) is 11.4 Å². The van der Waals surface area contributed by atoms with Crippen LogP contribution in [0.3, 0.4) is 0 Å². The van der Waals surface area contributed by atoms with Crippen molar-refractivity contribution in [1.29, 1.82) is 0 Å². The summed E-state index contributed by atoms with van der Waals surface area (Å²) in [5, 5.41) is 0. The maximum absolute atomic E-state index is 2.42. The van der Waals surface area contributed by atoms with Crippen LogP contribution in [0.2, 0.25) is 0 Å². The molecule has 0 N–H and O–H groups in total. The molecule has 29 heavy (non-hydrogen) atoms. The number of anilines is 1. The molecule has 0 unspecified atom stereocenters. The van der Waals surface area contributed by atoms with Crippen LogP contribution in [-0.4, -0.2) is 22.9 Å². The lowest BCUT2D eigenvalue weighted by atomic mass is 9.95. The van der Waals surface area contributed by atoms with Crippen LogP contribution in [0.15, 0.2) is 60.8 Å². The van der Waals surface area contributed by atoms with E-state index in [4.69, 9.17) is 0 Å². The lowest BCUT2D eigenvalue weighted by Crippen LogP contribution is -2.32. The maximum atomic E-state index is 2.42. The first-order valence-electron chi connectivity index (χ1n) is 11.0. The van der Waals surface area contributed by atoms with Crippen molar-refractivity contribution in [2.24, 2.45) is 0 Å². The quantitative estimate of drug-likeness (QED) is 0.446. The van der Waals surface area contributed by atoms with Gasteiger partial charge in [0.15, 0.2) is 12.3 Å². The lowest BCUT2D eigenvalue weighted by Gasteiger charge is -2.34. The van der Waals surface area contributed by atoms with Crippen LogP contribution >= 0.6 is 0 Å². The zero-order valence-corrected chi connectivity index (χ0v) is 18.2. The molecule has 0 spiro atoms. The molecule has 2 heteroatoms. The Morgan fingerprint density at radius 3 is 2.41 bits per heavy atom. The van der Waals surface area contributed by atoms with Gasteiger partial charge in [-0.05, 0) is 70.7 Å². The normalized spacial score (nSPS) is 23.0. The van der Waals surface area contributed by atoms with E-state index >= 15 is 0 Å². The maximum Gasteiger partial charge on any atom is 0.208 e. The number of hydrogen-bond donors (Lipinski definition) is 0. The summed E-state index contributed by atoms with van der Waals surface area (Å²) >= 11 is 0. The molecule has 2 atom stereocenters. The molecule has 0 fully saturated rings. The molecule has 4 rings (SSSR count). The molecule has 2 heterocycles. The molecule has 0 saturated heterocycles. The second kappa shape index (κ2) is 8.41. The predicted octanol–water partition coefficient (Wildman–Crippen LogP) is 6.26. The summed E-state index contributed by atoms with van der Waals surface area (Å²) in [5.74, 6) is 0.